The standard InChI is InChI=1S/C21H25FN2O5S/c1-12-18(13(2)23(4)19(12)21(26)29-5)20(25)14(3)24(16-8-9-16)30(27,28)17-10-6-15(22)7-11-17/h6-7,10-11,14,16H,8-9H2,1-5H3. The van der Waals surface area contributed by atoms with Crippen molar-refractivity contribution in [2.24, 2.45) is 7.05 Å². The summed E-state index contributed by atoms with van der Waals surface area (Å²) in [7, 11) is -1.09. The molecule has 1 atom stereocenters. The van der Waals surface area contributed by atoms with Crippen LogP contribution in [0, 0.1) is 19.7 Å². The molecule has 1 unspecified atom stereocenters. The maximum Gasteiger partial charge on any atom is 0.354 e. The highest BCUT2D eigenvalue weighted by Crippen LogP contribution is 2.36. The Morgan fingerprint density at radius 2 is 1.77 bits per heavy atom. The first-order valence-electron chi connectivity index (χ1n) is 9.59. The van der Waals surface area contributed by atoms with E-state index in [1.54, 1.807) is 32.4 Å². The largest absolute Gasteiger partial charge is 0.464 e. The number of Topliss-reactive ketones (excluding diaryl/α,β-unsaturated/α-hetero) is 1. The zero-order valence-electron chi connectivity index (χ0n) is 17.6. The lowest BCUT2D eigenvalue weighted by atomic mass is 10.0. The van der Waals surface area contributed by atoms with Gasteiger partial charge >= 0.3 is 5.97 Å². The second kappa shape index (κ2) is 7.96. The summed E-state index contributed by atoms with van der Waals surface area (Å²) in [5.74, 6) is -1.50. The molecule has 1 aromatic heterocycles. The number of sulfonamides is 1. The van der Waals surface area contributed by atoms with Gasteiger partial charge in [-0.2, -0.15) is 4.31 Å². The minimum atomic E-state index is -4.01. The van der Waals surface area contributed by atoms with Gasteiger partial charge in [0.25, 0.3) is 0 Å². The molecule has 1 heterocycles. The van der Waals surface area contributed by atoms with E-state index < -0.39 is 33.6 Å². The van der Waals surface area contributed by atoms with Crippen LogP contribution in [0.15, 0.2) is 29.2 Å². The van der Waals surface area contributed by atoms with Crippen LogP contribution in [-0.2, 0) is 21.8 Å². The van der Waals surface area contributed by atoms with E-state index in [0.717, 1.165) is 12.1 Å². The number of benzene rings is 1. The Morgan fingerprint density at radius 1 is 1.20 bits per heavy atom. The Morgan fingerprint density at radius 3 is 2.27 bits per heavy atom. The van der Waals surface area contributed by atoms with Crippen LogP contribution >= 0.6 is 0 Å². The van der Waals surface area contributed by atoms with E-state index >= 15 is 0 Å². The van der Waals surface area contributed by atoms with Crippen LogP contribution < -0.4 is 0 Å². The van der Waals surface area contributed by atoms with Crippen molar-refractivity contribution < 1.29 is 27.1 Å². The maximum absolute atomic E-state index is 13.4. The zero-order valence-corrected chi connectivity index (χ0v) is 18.4. The van der Waals surface area contributed by atoms with E-state index in [9.17, 15) is 22.4 Å². The number of ether oxygens (including phenoxy) is 1. The molecule has 1 aromatic carbocycles. The lowest BCUT2D eigenvalue weighted by molar-refractivity contribution is 0.0588. The number of carbonyl (C=O) groups excluding carboxylic acids is 2. The second-order valence-corrected chi connectivity index (χ2v) is 9.39. The van der Waals surface area contributed by atoms with Gasteiger partial charge in [-0.3, -0.25) is 4.79 Å². The lowest BCUT2D eigenvalue weighted by Gasteiger charge is -2.27. The summed E-state index contributed by atoms with van der Waals surface area (Å²) in [4.78, 5) is 25.5. The molecule has 30 heavy (non-hydrogen) atoms. The van der Waals surface area contributed by atoms with Gasteiger partial charge in [0, 0.05) is 24.3 Å². The van der Waals surface area contributed by atoms with Gasteiger partial charge in [0.05, 0.1) is 18.0 Å². The first kappa shape index (κ1) is 22.2. The first-order valence-corrected chi connectivity index (χ1v) is 11.0. The van der Waals surface area contributed by atoms with Crippen molar-refractivity contribution in [1.82, 2.24) is 8.87 Å². The van der Waals surface area contributed by atoms with E-state index in [1.165, 1.54) is 23.5 Å². The number of esters is 1. The number of carbonyl (C=O) groups is 2. The predicted molar refractivity (Wildman–Crippen MR) is 108 cm³/mol. The number of hydrogen-bond acceptors (Lipinski definition) is 5. The van der Waals surface area contributed by atoms with Crippen molar-refractivity contribution in [3.05, 3.63) is 52.6 Å². The van der Waals surface area contributed by atoms with E-state index in [0.29, 0.717) is 29.7 Å². The fourth-order valence-corrected chi connectivity index (χ4v) is 5.67. The van der Waals surface area contributed by atoms with Crippen molar-refractivity contribution in [2.75, 3.05) is 7.11 Å². The molecule has 1 saturated carbocycles. The average molecular weight is 437 g/mol. The van der Waals surface area contributed by atoms with E-state index in [-0.39, 0.29) is 16.6 Å². The fourth-order valence-electron chi connectivity index (χ4n) is 3.83. The first-order chi connectivity index (χ1) is 14.0. The Kier molecular flexibility index (Phi) is 5.88. The molecule has 162 valence electrons. The SMILES string of the molecule is COC(=O)c1c(C)c(C(=O)C(C)N(C2CC2)S(=O)(=O)c2ccc(F)cc2)c(C)n1C. The molecule has 0 aliphatic heterocycles. The molecule has 0 spiro atoms. The van der Waals surface area contributed by atoms with Crippen molar-refractivity contribution >= 4 is 21.8 Å². The molecule has 0 N–H and O–H groups in total. The number of methoxy groups -OCH3 is 1. The smallest absolute Gasteiger partial charge is 0.354 e. The summed E-state index contributed by atoms with van der Waals surface area (Å²) in [6, 6.07) is 3.29. The number of rotatable bonds is 7. The molecule has 1 fully saturated rings. The molecular weight excluding hydrogens is 411 g/mol. The van der Waals surface area contributed by atoms with E-state index in [2.05, 4.69) is 0 Å². The van der Waals surface area contributed by atoms with Gasteiger partial charge in [-0.15, -0.1) is 0 Å². The van der Waals surface area contributed by atoms with E-state index in [1.807, 2.05) is 0 Å². The molecule has 9 heteroatoms. The Hall–Kier alpha value is -2.52. The third-order valence-electron chi connectivity index (χ3n) is 5.61. The molecule has 1 aliphatic carbocycles. The van der Waals surface area contributed by atoms with Crippen molar-refractivity contribution in [3.8, 4) is 0 Å². The maximum atomic E-state index is 13.4. The summed E-state index contributed by atoms with van der Waals surface area (Å²) in [5.41, 5.74) is 1.57. The summed E-state index contributed by atoms with van der Waals surface area (Å²) in [6.45, 7) is 4.90. The molecule has 0 amide bonds. The van der Waals surface area contributed by atoms with Gasteiger partial charge in [0.1, 0.15) is 11.5 Å². The lowest BCUT2D eigenvalue weighted by Crippen LogP contribution is -2.45. The Labute approximate surface area is 175 Å². The molecule has 0 saturated heterocycles. The van der Waals surface area contributed by atoms with Crippen LogP contribution in [-0.4, -0.2) is 48.2 Å². The van der Waals surface area contributed by atoms with Crippen LogP contribution in [0.25, 0.3) is 0 Å². The topological polar surface area (TPSA) is 85.7 Å². The third kappa shape index (κ3) is 3.67. The Bertz CT molecular complexity index is 1100. The van der Waals surface area contributed by atoms with Crippen LogP contribution in [0.2, 0.25) is 0 Å². The fraction of sp³-hybridized carbons (Fsp3) is 0.429. The van der Waals surface area contributed by atoms with Gasteiger partial charge in [-0.1, -0.05) is 0 Å². The highest BCUT2D eigenvalue weighted by atomic mass is 32.2. The quantitative estimate of drug-likeness (QED) is 0.492. The van der Waals surface area contributed by atoms with Gasteiger partial charge in [-0.25, -0.2) is 17.6 Å². The summed E-state index contributed by atoms with van der Waals surface area (Å²) in [6.07, 6.45) is 1.30. The van der Waals surface area contributed by atoms with E-state index in [4.69, 9.17) is 4.74 Å². The zero-order chi connectivity index (χ0) is 22.4. The van der Waals surface area contributed by atoms with Crippen LogP contribution in [0.5, 0.6) is 0 Å². The van der Waals surface area contributed by atoms with Crippen LogP contribution in [0.1, 0.15) is 51.9 Å². The predicted octanol–water partition coefficient (Wildman–Crippen LogP) is 2.99. The van der Waals surface area contributed by atoms with Crippen molar-refractivity contribution in [3.63, 3.8) is 0 Å². The Balaban J connectivity index is 2.04. The molecular formula is C21H25FN2O5S. The molecule has 1 aliphatic rings. The molecule has 0 bridgehead atoms. The molecule has 3 rings (SSSR count). The van der Waals surface area contributed by atoms with Crippen LogP contribution in [0.3, 0.4) is 0 Å². The number of halogens is 1. The number of nitrogens with zero attached hydrogens (tertiary/aromatic N) is 2. The minimum absolute atomic E-state index is 0.0628. The van der Waals surface area contributed by atoms with Crippen LogP contribution in [0.4, 0.5) is 4.39 Å². The summed E-state index contributed by atoms with van der Waals surface area (Å²) in [5, 5.41) is 0. The minimum Gasteiger partial charge on any atom is -0.464 e. The second-order valence-electron chi connectivity index (χ2n) is 7.54. The molecule has 7 nitrogen and oxygen atoms in total. The molecule has 2 aromatic rings. The summed E-state index contributed by atoms with van der Waals surface area (Å²) < 4.78 is 47.4. The van der Waals surface area contributed by atoms with Crippen molar-refractivity contribution in [1.29, 1.82) is 0 Å². The summed E-state index contributed by atoms with van der Waals surface area (Å²) >= 11 is 0. The normalized spacial score (nSPS) is 15.3. The van der Waals surface area contributed by atoms with Gasteiger partial charge in [-0.05, 0) is 63.4 Å². The van der Waals surface area contributed by atoms with Crippen molar-refractivity contribution in [2.45, 2.75) is 50.6 Å². The highest BCUT2D eigenvalue weighted by Gasteiger charge is 2.44. The monoisotopic (exact) mass is 436 g/mol. The number of ketones is 1. The van der Waals surface area contributed by atoms with Gasteiger partial charge in [0.15, 0.2) is 5.78 Å². The van der Waals surface area contributed by atoms with Gasteiger partial charge < -0.3 is 9.30 Å². The number of hydrogen-bond donors (Lipinski definition) is 0. The third-order valence-corrected chi connectivity index (χ3v) is 7.65. The van der Waals surface area contributed by atoms with Gasteiger partial charge in [0.2, 0.25) is 10.0 Å². The average Bonchev–Trinajstić information content (AvgIpc) is 3.49. The highest BCUT2D eigenvalue weighted by molar-refractivity contribution is 7.89. The molecule has 0 radical (unpaired) electrons. The number of aromatic nitrogens is 1.